The largest absolute Gasteiger partial charge is 0.376 e. The highest BCUT2D eigenvalue weighted by atomic mass is 16.5. The van der Waals surface area contributed by atoms with Crippen LogP contribution in [0.3, 0.4) is 0 Å². The predicted octanol–water partition coefficient (Wildman–Crippen LogP) is 3.24. The SMILES string of the molecule is CCNC(=NCc1cccc(CN2CCOC(C)C2)c1)NC1CCN(c2ccccc2)C1. The van der Waals surface area contributed by atoms with Crippen LogP contribution in [0.1, 0.15) is 31.4 Å². The van der Waals surface area contributed by atoms with E-state index in [0.717, 1.165) is 58.3 Å². The molecule has 2 aliphatic rings. The molecule has 2 saturated heterocycles. The third-order valence-corrected chi connectivity index (χ3v) is 6.14. The number of guanidine groups is 1. The van der Waals surface area contributed by atoms with Crippen molar-refractivity contribution in [3.05, 3.63) is 65.7 Å². The zero-order chi connectivity index (χ0) is 22.2. The molecule has 172 valence electrons. The fourth-order valence-corrected chi connectivity index (χ4v) is 4.55. The van der Waals surface area contributed by atoms with Crippen molar-refractivity contribution in [2.75, 3.05) is 44.2 Å². The molecule has 0 aromatic heterocycles. The van der Waals surface area contributed by atoms with Gasteiger partial charge in [0, 0.05) is 51.0 Å². The van der Waals surface area contributed by atoms with Gasteiger partial charge in [0.1, 0.15) is 0 Å². The minimum Gasteiger partial charge on any atom is -0.376 e. The van der Waals surface area contributed by atoms with Gasteiger partial charge < -0.3 is 20.3 Å². The van der Waals surface area contributed by atoms with Crippen LogP contribution < -0.4 is 15.5 Å². The lowest BCUT2D eigenvalue weighted by atomic mass is 10.1. The number of anilines is 1. The van der Waals surface area contributed by atoms with Gasteiger partial charge in [-0.3, -0.25) is 4.90 Å². The van der Waals surface area contributed by atoms with E-state index in [2.05, 4.69) is 88.9 Å². The highest BCUT2D eigenvalue weighted by Crippen LogP contribution is 2.19. The highest BCUT2D eigenvalue weighted by Gasteiger charge is 2.23. The molecular formula is C26H37N5O. The molecular weight excluding hydrogens is 398 g/mol. The number of morpholine rings is 1. The quantitative estimate of drug-likeness (QED) is 0.517. The van der Waals surface area contributed by atoms with Crippen molar-refractivity contribution in [3.8, 4) is 0 Å². The lowest BCUT2D eigenvalue weighted by Crippen LogP contribution is -2.44. The second kappa shape index (κ2) is 11.3. The summed E-state index contributed by atoms with van der Waals surface area (Å²) in [6.07, 6.45) is 1.44. The molecule has 6 heteroatoms. The van der Waals surface area contributed by atoms with Crippen molar-refractivity contribution in [1.29, 1.82) is 0 Å². The Labute approximate surface area is 192 Å². The number of para-hydroxylation sites is 1. The van der Waals surface area contributed by atoms with E-state index in [1.54, 1.807) is 0 Å². The normalized spacial score (nSPS) is 22.2. The minimum absolute atomic E-state index is 0.318. The Morgan fingerprint density at radius 3 is 2.72 bits per heavy atom. The Hall–Kier alpha value is -2.57. The third-order valence-electron chi connectivity index (χ3n) is 6.14. The highest BCUT2D eigenvalue weighted by molar-refractivity contribution is 5.80. The average Bonchev–Trinajstić information content (AvgIpc) is 3.27. The van der Waals surface area contributed by atoms with E-state index in [-0.39, 0.29) is 0 Å². The predicted molar refractivity (Wildman–Crippen MR) is 132 cm³/mol. The van der Waals surface area contributed by atoms with Crippen molar-refractivity contribution in [1.82, 2.24) is 15.5 Å². The first-order valence-electron chi connectivity index (χ1n) is 12.0. The molecule has 2 heterocycles. The average molecular weight is 436 g/mol. The molecule has 2 N–H and O–H groups in total. The van der Waals surface area contributed by atoms with E-state index in [1.807, 2.05) is 0 Å². The maximum Gasteiger partial charge on any atom is 0.191 e. The van der Waals surface area contributed by atoms with Crippen LogP contribution in [-0.2, 0) is 17.8 Å². The van der Waals surface area contributed by atoms with Crippen molar-refractivity contribution >= 4 is 11.6 Å². The van der Waals surface area contributed by atoms with Crippen LogP contribution in [0.25, 0.3) is 0 Å². The molecule has 0 amide bonds. The van der Waals surface area contributed by atoms with Gasteiger partial charge in [-0.25, -0.2) is 4.99 Å². The molecule has 0 spiro atoms. The van der Waals surface area contributed by atoms with Gasteiger partial charge in [0.2, 0.25) is 0 Å². The lowest BCUT2D eigenvalue weighted by Gasteiger charge is -2.31. The maximum absolute atomic E-state index is 5.67. The first-order valence-corrected chi connectivity index (χ1v) is 12.0. The number of ether oxygens (including phenoxy) is 1. The molecule has 2 unspecified atom stereocenters. The van der Waals surface area contributed by atoms with Crippen LogP contribution in [0, 0.1) is 0 Å². The van der Waals surface area contributed by atoms with Gasteiger partial charge in [-0.15, -0.1) is 0 Å². The minimum atomic E-state index is 0.318. The van der Waals surface area contributed by atoms with Crippen LogP contribution in [0.4, 0.5) is 5.69 Å². The number of benzene rings is 2. The summed E-state index contributed by atoms with van der Waals surface area (Å²) in [7, 11) is 0. The van der Waals surface area contributed by atoms with E-state index in [0.29, 0.717) is 18.7 Å². The summed E-state index contributed by atoms with van der Waals surface area (Å²) in [5.41, 5.74) is 3.89. The summed E-state index contributed by atoms with van der Waals surface area (Å²) in [4.78, 5) is 9.80. The summed E-state index contributed by atoms with van der Waals surface area (Å²) in [5.74, 6) is 0.903. The van der Waals surface area contributed by atoms with E-state index < -0.39 is 0 Å². The fourth-order valence-electron chi connectivity index (χ4n) is 4.55. The molecule has 0 saturated carbocycles. The Morgan fingerprint density at radius 1 is 1.06 bits per heavy atom. The maximum atomic E-state index is 5.67. The first kappa shape index (κ1) is 22.6. The topological polar surface area (TPSA) is 52.1 Å². The van der Waals surface area contributed by atoms with E-state index in [9.17, 15) is 0 Å². The van der Waals surface area contributed by atoms with E-state index >= 15 is 0 Å². The number of hydrogen-bond acceptors (Lipinski definition) is 4. The van der Waals surface area contributed by atoms with Gasteiger partial charge in [0.15, 0.2) is 5.96 Å². The molecule has 6 nitrogen and oxygen atoms in total. The van der Waals surface area contributed by atoms with Gasteiger partial charge in [-0.05, 0) is 43.5 Å². The lowest BCUT2D eigenvalue weighted by molar-refractivity contribution is -0.0212. The smallest absolute Gasteiger partial charge is 0.191 e. The molecule has 2 aromatic rings. The van der Waals surface area contributed by atoms with Gasteiger partial charge in [-0.2, -0.15) is 0 Å². The fraction of sp³-hybridized carbons (Fsp3) is 0.500. The standard InChI is InChI=1S/C26H37N5O/c1-3-27-26(29-24-12-13-31(20-24)25-10-5-4-6-11-25)28-17-22-8-7-9-23(16-22)19-30-14-15-32-21(2)18-30/h4-11,16,21,24H,3,12-15,17-20H2,1-2H3,(H2,27,28,29). The Morgan fingerprint density at radius 2 is 1.91 bits per heavy atom. The molecule has 32 heavy (non-hydrogen) atoms. The Kier molecular flexibility index (Phi) is 8.02. The van der Waals surface area contributed by atoms with Gasteiger partial charge >= 0.3 is 0 Å². The molecule has 2 aromatic carbocycles. The summed E-state index contributed by atoms with van der Waals surface area (Å²) in [5, 5.41) is 7.06. The molecule has 2 fully saturated rings. The van der Waals surface area contributed by atoms with Gasteiger partial charge in [-0.1, -0.05) is 42.5 Å². The van der Waals surface area contributed by atoms with Crippen LogP contribution in [0.5, 0.6) is 0 Å². The molecule has 2 atom stereocenters. The first-order chi connectivity index (χ1) is 15.7. The summed E-state index contributed by atoms with van der Waals surface area (Å²) >= 11 is 0. The van der Waals surface area contributed by atoms with E-state index in [1.165, 1.54) is 16.8 Å². The molecule has 2 aliphatic heterocycles. The van der Waals surface area contributed by atoms with Crippen LogP contribution in [0.2, 0.25) is 0 Å². The molecule has 0 aliphatic carbocycles. The number of aliphatic imine (C=N–C) groups is 1. The van der Waals surface area contributed by atoms with E-state index in [4.69, 9.17) is 9.73 Å². The zero-order valence-electron chi connectivity index (χ0n) is 19.5. The van der Waals surface area contributed by atoms with Crippen LogP contribution in [0.15, 0.2) is 59.6 Å². The number of rotatable bonds is 7. The summed E-state index contributed by atoms with van der Waals surface area (Å²) in [6.45, 7) is 11.7. The molecule has 4 rings (SSSR count). The van der Waals surface area contributed by atoms with Crippen molar-refractivity contribution in [3.63, 3.8) is 0 Å². The Bertz CT molecular complexity index is 872. The molecule has 0 bridgehead atoms. The third kappa shape index (κ3) is 6.47. The molecule has 0 radical (unpaired) electrons. The van der Waals surface area contributed by atoms with Gasteiger partial charge in [0.05, 0.1) is 19.3 Å². The van der Waals surface area contributed by atoms with Crippen molar-refractivity contribution < 1.29 is 4.74 Å². The van der Waals surface area contributed by atoms with Crippen LogP contribution >= 0.6 is 0 Å². The number of hydrogen-bond donors (Lipinski definition) is 2. The Balaban J connectivity index is 1.33. The number of nitrogens with zero attached hydrogens (tertiary/aromatic N) is 3. The monoisotopic (exact) mass is 435 g/mol. The second-order valence-corrected chi connectivity index (χ2v) is 8.84. The number of nitrogens with one attached hydrogen (secondary N) is 2. The van der Waals surface area contributed by atoms with Gasteiger partial charge in [0.25, 0.3) is 0 Å². The van der Waals surface area contributed by atoms with Crippen molar-refractivity contribution in [2.24, 2.45) is 4.99 Å². The summed E-state index contributed by atoms with van der Waals surface area (Å²) < 4.78 is 5.67. The summed E-state index contributed by atoms with van der Waals surface area (Å²) in [6, 6.07) is 19.9. The van der Waals surface area contributed by atoms with Crippen molar-refractivity contribution in [2.45, 2.75) is 45.5 Å². The van der Waals surface area contributed by atoms with Crippen LogP contribution in [-0.4, -0.2) is 62.3 Å². The second-order valence-electron chi connectivity index (χ2n) is 8.84. The zero-order valence-corrected chi connectivity index (χ0v) is 19.5.